The second-order valence-corrected chi connectivity index (χ2v) is 8.05. The molecule has 7 heteroatoms. The van der Waals surface area contributed by atoms with Gasteiger partial charge in [0, 0.05) is 12.1 Å². The van der Waals surface area contributed by atoms with Crippen LogP contribution in [0.3, 0.4) is 0 Å². The Morgan fingerprint density at radius 1 is 1.15 bits per heavy atom. The average molecular weight is 451 g/mol. The lowest BCUT2D eigenvalue weighted by molar-refractivity contribution is -0.139. The molecule has 0 aliphatic carbocycles. The van der Waals surface area contributed by atoms with Crippen LogP contribution in [0.5, 0.6) is 11.5 Å². The molecule has 174 valence electrons. The SMILES string of the molecule is C=CCOc1cccc([C@@H]2C(=C(O)c3ccc(OC)cc3)C(=O)C(=O)N2CCCN(C)C)c1. The normalized spacial score (nSPS) is 17.5. The summed E-state index contributed by atoms with van der Waals surface area (Å²) in [6, 6.07) is 13.2. The number of nitrogens with zero attached hydrogens (tertiary/aromatic N) is 2. The standard InChI is InChI=1S/C26H30N2O5/c1-5-16-33-21-9-6-8-19(17-21)23-22(24(29)18-10-12-20(32-4)13-11-18)25(30)26(31)28(23)15-7-14-27(2)3/h5-6,8-13,17,23,29H,1,7,14-16H2,2-4H3/t23-/m1/s1. The lowest BCUT2D eigenvalue weighted by atomic mass is 9.95. The molecule has 0 radical (unpaired) electrons. The molecule has 1 aliphatic rings. The summed E-state index contributed by atoms with van der Waals surface area (Å²) in [5, 5.41) is 11.1. The molecule has 1 fully saturated rings. The minimum atomic E-state index is -0.721. The van der Waals surface area contributed by atoms with Gasteiger partial charge in [-0.05, 0) is 69.0 Å². The van der Waals surface area contributed by atoms with Gasteiger partial charge >= 0.3 is 0 Å². The van der Waals surface area contributed by atoms with Crippen molar-refractivity contribution in [2.45, 2.75) is 12.5 Å². The van der Waals surface area contributed by atoms with Crippen molar-refractivity contribution in [3.63, 3.8) is 0 Å². The number of amides is 1. The predicted molar refractivity (Wildman–Crippen MR) is 127 cm³/mol. The number of aliphatic hydroxyl groups is 1. The number of rotatable bonds is 10. The molecule has 1 atom stereocenters. The summed E-state index contributed by atoms with van der Waals surface area (Å²) in [6.07, 6.45) is 2.33. The Labute approximate surface area is 194 Å². The molecule has 0 spiro atoms. The van der Waals surface area contributed by atoms with Crippen LogP contribution in [0.1, 0.15) is 23.6 Å². The highest BCUT2D eigenvalue weighted by Gasteiger charge is 2.45. The predicted octanol–water partition coefficient (Wildman–Crippen LogP) is 3.63. The molecule has 0 aromatic heterocycles. The molecular formula is C26H30N2O5. The van der Waals surface area contributed by atoms with E-state index in [2.05, 4.69) is 6.58 Å². The molecule has 3 rings (SSSR count). The van der Waals surface area contributed by atoms with E-state index in [4.69, 9.17) is 9.47 Å². The first kappa shape index (κ1) is 24.1. The Bertz CT molecular complexity index is 1040. The maximum Gasteiger partial charge on any atom is 0.295 e. The highest BCUT2D eigenvalue weighted by atomic mass is 16.5. The number of aliphatic hydroxyl groups excluding tert-OH is 1. The highest BCUT2D eigenvalue weighted by molar-refractivity contribution is 6.46. The summed E-state index contributed by atoms with van der Waals surface area (Å²) in [6.45, 7) is 5.13. The van der Waals surface area contributed by atoms with Gasteiger partial charge in [0.25, 0.3) is 11.7 Å². The molecule has 0 unspecified atom stereocenters. The van der Waals surface area contributed by atoms with Crippen molar-refractivity contribution in [1.82, 2.24) is 9.80 Å². The van der Waals surface area contributed by atoms with Crippen LogP contribution in [0.25, 0.3) is 5.76 Å². The van der Waals surface area contributed by atoms with Crippen LogP contribution in [-0.2, 0) is 9.59 Å². The summed E-state index contributed by atoms with van der Waals surface area (Å²) in [5.41, 5.74) is 1.19. The van der Waals surface area contributed by atoms with Crippen LogP contribution in [0.4, 0.5) is 0 Å². The molecule has 1 aliphatic heterocycles. The quantitative estimate of drug-likeness (QED) is 0.258. The molecular weight excluding hydrogens is 420 g/mol. The zero-order chi connectivity index (χ0) is 24.0. The molecule has 1 amide bonds. The molecule has 0 saturated carbocycles. The number of Topliss-reactive ketones (excluding diaryl/α,β-unsaturated/α-hetero) is 1. The monoisotopic (exact) mass is 450 g/mol. The van der Waals surface area contributed by atoms with Gasteiger partial charge in [-0.2, -0.15) is 0 Å². The van der Waals surface area contributed by atoms with Crippen molar-refractivity contribution in [2.24, 2.45) is 0 Å². The Morgan fingerprint density at radius 3 is 2.52 bits per heavy atom. The van der Waals surface area contributed by atoms with Gasteiger partial charge in [0.05, 0.1) is 18.7 Å². The first-order chi connectivity index (χ1) is 15.9. The van der Waals surface area contributed by atoms with Crippen LogP contribution in [0.2, 0.25) is 0 Å². The van der Waals surface area contributed by atoms with E-state index in [1.807, 2.05) is 25.1 Å². The Morgan fingerprint density at radius 2 is 1.88 bits per heavy atom. The Balaban J connectivity index is 2.08. The third kappa shape index (κ3) is 5.43. The van der Waals surface area contributed by atoms with Crippen molar-refractivity contribution >= 4 is 17.4 Å². The van der Waals surface area contributed by atoms with E-state index in [9.17, 15) is 14.7 Å². The van der Waals surface area contributed by atoms with Crippen LogP contribution in [-0.4, -0.2) is 67.5 Å². The van der Waals surface area contributed by atoms with Gasteiger partial charge < -0.3 is 24.4 Å². The van der Waals surface area contributed by atoms with Gasteiger partial charge in [0.15, 0.2) is 0 Å². The van der Waals surface area contributed by atoms with Crippen LogP contribution >= 0.6 is 0 Å². The molecule has 2 aromatic rings. The second-order valence-electron chi connectivity index (χ2n) is 8.05. The lowest BCUT2D eigenvalue weighted by Crippen LogP contribution is -2.32. The van der Waals surface area contributed by atoms with Gasteiger partial charge in [0.2, 0.25) is 0 Å². The first-order valence-electron chi connectivity index (χ1n) is 10.8. The molecule has 1 N–H and O–H groups in total. The summed E-state index contributed by atoms with van der Waals surface area (Å²) >= 11 is 0. The summed E-state index contributed by atoms with van der Waals surface area (Å²) in [5.74, 6) is -0.314. The van der Waals surface area contributed by atoms with Crippen LogP contribution in [0, 0.1) is 0 Å². The molecule has 0 bridgehead atoms. The molecule has 7 nitrogen and oxygen atoms in total. The fourth-order valence-electron chi connectivity index (χ4n) is 3.85. The van der Waals surface area contributed by atoms with Crippen molar-refractivity contribution in [2.75, 3.05) is 40.9 Å². The number of hydrogen-bond acceptors (Lipinski definition) is 6. The smallest absolute Gasteiger partial charge is 0.295 e. The average Bonchev–Trinajstić information content (AvgIpc) is 3.07. The number of methoxy groups -OCH3 is 1. The largest absolute Gasteiger partial charge is 0.507 e. The van der Waals surface area contributed by atoms with Crippen molar-refractivity contribution < 1.29 is 24.2 Å². The second kappa shape index (κ2) is 10.8. The van der Waals surface area contributed by atoms with E-state index >= 15 is 0 Å². The maximum absolute atomic E-state index is 13.1. The molecule has 1 saturated heterocycles. The first-order valence-corrected chi connectivity index (χ1v) is 10.8. The third-order valence-electron chi connectivity index (χ3n) is 5.45. The molecule has 2 aromatic carbocycles. The fraction of sp³-hybridized carbons (Fsp3) is 0.308. The number of ketones is 1. The zero-order valence-electron chi connectivity index (χ0n) is 19.3. The summed E-state index contributed by atoms with van der Waals surface area (Å²) in [4.78, 5) is 29.7. The minimum Gasteiger partial charge on any atom is -0.507 e. The van der Waals surface area contributed by atoms with Gasteiger partial charge in [0.1, 0.15) is 23.9 Å². The summed E-state index contributed by atoms with van der Waals surface area (Å²) < 4.78 is 10.8. The van der Waals surface area contributed by atoms with E-state index in [1.165, 1.54) is 4.90 Å². The topological polar surface area (TPSA) is 79.3 Å². The van der Waals surface area contributed by atoms with E-state index in [-0.39, 0.29) is 11.3 Å². The van der Waals surface area contributed by atoms with Crippen molar-refractivity contribution in [3.8, 4) is 11.5 Å². The van der Waals surface area contributed by atoms with Gasteiger partial charge in [-0.25, -0.2) is 0 Å². The van der Waals surface area contributed by atoms with E-state index in [1.54, 1.807) is 55.7 Å². The maximum atomic E-state index is 13.1. The number of hydrogen-bond donors (Lipinski definition) is 1. The van der Waals surface area contributed by atoms with Gasteiger partial charge in [-0.3, -0.25) is 9.59 Å². The van der Waals surface area contributed by atoms with Gasteiger partial charge in [-0.15, -0.1) is 0 Å². The van der Waals surface area contributed by atoms with Crippen LogP contribution in [0.15, 0.2) is 66.8 Å². The number of carbonyl (C=O) groups excluding carboxylic acids is 2. The third-order valence-corrected chi connectivity index (χ3v) is 5.45. The summed E-state index contributed by atoms with van der Waals surface area (Å²) in [7, 11) is 5.46. The number of carbonyl (C=O) groups is 2. The Kier molecular flexibility index (Phi) is 7.90. The number of benzene rings is 2. The van der Waals surface area contributed by atoms with Crippen molar-refractivity contribution in [3.05, 3.63) is 77.9 Å². The molecule has 1 heterocycles. The van der Waals surface area contributed by atoms with E-state index in [0.717, 1.165) is 6.54 Å². The van der Waals surface area contributed by atoms with Gasteiger partial charge in [-0.1, -0.05) is 24.8 Å². The zero-order valence-corrected chi connectivity index (χ0v) is 19.3. The lowest BCUT2D eigenvalue weighted by Gasteiger charge is -2.26. The van der Waals surface area contributed by atoms with E-state index < -0.39 is 17.7 Å². The van der Waals surface area contributed by atoms with Crippen LogP contribution < -0.4 is 9.47 Å². The highest BCUT2D eigenvalue weighted by Crippen LogP contribution is 2.40. The minimum absolute atomic E-state index is 0.0656. The number of likely N-dealkylation sites (tertiary alicyclic amines) is 1. The van der Waals surface area contributed by atoms with E-state index in [0.29, 0.717) is 42.2 Å². The fourth-order valence-corrected chi connectivity index (χ4v) is 3.85. The van der Waals surface area contributed by atoms with Crippen molar-refractivity contribution in [1.29, 1.82) is 0 Å². The molecule has 33 heavy (non-hydrogen) atoms. The Hall–Kier alpha value is -3.58. The number of ether oxygens (including phenoxy) is 2.